The van der Waals surface area contributed by atoms with Crippen molar-refractivity contribution in [2.45, 2.75) is 6.42 Å². The van der Waals surface area contributed by atoms with Crippen LogP contribution < -0.4 is 0 Å². The van der Waals surface area contributed by atoms with Gasteiger partial charge in [-0.25, -0.2) is 9.59 Å². The summed E-state index contributed by atoms with van der Waals surface area (Å²) >= 11 is 0. The zero-order valence-electron chi connectivity index (χ0n) is 17.5. The van der Waals surface area contributed by atoms with Gasteiger partial charge in [-0.1, -0.05) is 0 Å². The number of imide groups is 2. The zero-order chi connectivity index (χ0) is 25.9. The molecule has 0 aromatic heterocycles. The number of amides is 4. The Morgan fingerprint density at radius 2 is 1.11 bits per heavy atom. The highest BCUT2D eigenvalue weighted by atomic mass is 16.5. The molecule has 9 nitrogen and oxygen atoms in total. The van der Waals surface area contributed by atoms with Crippen molar-refractivity contribution in [2.75, 3.05) is 13.1 Å². The quantitative estimate of drug-likeness (QED) is 0.305. The summed E-state index contributed by atoms with van der Waals surface area (Å²) in [4.78, 5) is 58.7. The number of carboxylic acid groups (broad SMARTS) is 1. The van der Waals surface area contributed by atoms with E-state index >= 15 is 0 Å². The first-order valence-electron chi connectivity index (χ1n) is 8.88. The van der Waals surface area contributed by atoms with Crippen LogP contribution in [-0.4, -0.2) is 57.8 Å². The third-order valence-electron chi connectivity index (χ3n) is 3.11. The molecule has 1 aliphatic heterocycles. The average molecular weight is 460 g/mol. The molecular weight excluding hydrogens is 452 g/mol. The van der Waals surface area contributed by atoms with E-state index in [1.54, 1.807) is 0 Å². The molecule has 0 unspecified atom stereocenters. The van der Waals surface area contributed by atoms with Gasteiger partial charge in [-0.15, -0.1) is 6.42 Å². The second kappa shape index (κ2) is 15.4. The van der Waals surface area contributed by atoms with Gasteiger partial charge in [-0.05, 0) is 47.4 Å². The average Bonchev–Trinajstić information content (AvgIpc) is 2.81. The number of esters is 1. The summed E-state index contributed by atoms with van der Waals surface area (Å²) in [6.07, 6.45) is 6.08. The minimum absolute atomic E-state index is 0.337. The predicted molar refractivity (Wildman–Crippen MR) is 118 cm³/mol. The number of hydrogen-bond donors (Lipinski definition) is 1. The molecule has 1 fully saturated rings. The van der Waals surface area contributed by atoms with E-state index in [4.69, 9.17) is 11.5 Å². The lowest BCUT2D eigenvalue weighted by molar-refractivity contribution is -0.151. The van der Waals surface area contributed by atoms with Crippen LogP contribution in [0.2, 0.25) is 0 Å². The van der Waals surface area contributed by atoms with Crippen LogP contribution in [0.3, 0.4) is 0 Å². The number of barbiturate groups is 1. The Morgan fingerprint density at radius 1 is 0.714 bits per heavy atom. The van der Waals surface area contributed by atoms with E-state index in [2.05, 4.69) is 99.5 Å². The lowest BCUT2D eigenvalue weighted by Gasteiger charge is -2.30. The molecular formula is C26H8N2O7. The molecule has 0 aromatic rings. The van der Waals surface area contributed by atoms with E-state index in [1.165, 1.54) is 0 Å². The van der Waals surface area contributed by atoms with Gasteiger partial charge in [-0.2, -0.15) is 0 Å². The summed E-state index contributed by atoms with van der Waals surface area (Å²) in [5.74, 6) is 32.9. The fourth-order valence-electron chi connectivity index (χ4n) is 1.84. The topological polar surface area (TPSA) is 121 Å². The van der Waals surface area contributed by atoms with E-state index in [-0.39, 0.29) is 0 Å². The van der Waals surface area contributed by atoms with Crippen LogP contribution in [-0.2, 0) is 23.9 Å². The van der Waals surface area contributed by atoms with Crippen molar-refractivity contribution < 1.29 is 33.8 Å². The third kappa shape index (κ3) is 11.0. The predicted octanol–water partition coefficient (Wildman–Crippen LogP) is -1.59. The lowest BCUT2D eigenvalue weighted by Crippen LogP contribution is -2.57. The van der Waals surface area contributed by atoms with E-state index in [0.29, 0.717) is 9.80 Å². The smallest absolute Gasteiger partial charge is 0.340 e. The lowest BCUT2D eigenvalue weighted by atomic mass is 10.2. The molecule has 0 spiro atoms. The Kier molecular flexibility index (Phi) is 11.7. The Balaban J connectivity index is 2.54. The SMILES string of the molecule is C#CC#CC#CC#CC#CC#CC#CC#CC#COC(=O)CN1C(=O)CC(=O)N(CC(=O)O)C1=O. The number of ether oxygens (including phenoxy) is 1. The maximum absolute atomic E-state index is 12.1. The van der Waals surface area contributed by atoms with E-state index < -0.39 is 49.3 Å². The monoisotopic (exact) mass is 460 g/mol. The Morgan fingerprint density at radius 3 is 1.54 bits per heavy atom. The minimum atomic E-state index is -1.46. The van der Waals surface area contributed by atoms with Crippen molar-refractivity contribution in [2.24, 2.45) is 0 Å². The molecule has 0 saturated carbocycles. The van der Waals surface area contributed by atoms with Crippen LogP contribution in [0.4, 0.5) is 4.79 Å². The maximum atomic E-state index is 12.1. The number of carboxylic acids is 1. The number of nitrogens with zero attached hydrogens (tertiary/aromatic N) is 2. The molecule has 0 bridgehead atoms. The fraction of sp³-hybridized carbons (Fsp3) is 0.115. The Bertz CT molecular complexity index is 1520. The van der Waals surface area contributed by atoms with E-state index in [0.717, 1.165) is 0 Å². The summed E-state index contributed by atoms with van der Waals surface area (Å²) in [6.45, 7) is -1.81. The van der Waals surface area contributed by atoms with Gasteiger partial charge in [0, 0.05) is 47.4 Å². The number of rotatable bonds is 4. The molecule has 0 aromatic carbocycles. The van der Waals surface area contributed by atoms with Crippen molar-refractivity contribution in [3.63, 3.8) is 0 Å². The van der Waals surface area contributed by atoms with Crippen molar-refractivity contribution in [1.82, 2.24) is 9.80 Å². The standard InChI is InChI=1S/C26H8N2O7/c1-2-3-4-5-6-7-8-9-10-11-12-13-14-15-16-17-18-35-25(33)21-28-23(30)19-22(29)27(26(28)34)20-24(31)32/h1H,19-21H2,(H,31,32). The molecule has 1 saturated heterocycles. The maximum Gasteiger partial charge on any atom is 0.340 e. The van der Waals surface area contributed by atoms with Crippen LogP contribution in [0.15, 0.2) is 0 Å². The first kappa shape index (κ1) is 26.6. The molecule has 0 aliphatic carbocycles. The van der Waals surface area contributed by atoms with E-state index in [1.807, 2.05) is 6.11 Å². The summed E-state index contributed by atoms with van der Waals surface area (Å²) < 4.78 is 4.50. The summed E-state index contributed by atoms with van der Waals surface area (Å²) in [6, 6.07) is -1.24. The summed E-state index contributed by atoms with van der Waals surface area (Å²) in [5.41, 5.74) is 0. The molecule has 35 heavy (non-hydrogen) atoms. The van der Waals surface area contributed by atoms with Crippen LogP contribution in [0.5, 0.6) is 0 Å². The molecule has 1 aliphatic rings. The van der Waals surface area contributed by atoms with Crippen LogP contribution in [0.1, 0.15) is 6.42 Å². The van der Waals surface area contributed by atoms with Crippen LogP contribution >= 0.6 is 0 Å². The van der Waals surface area contributed by atoms with Crippen molar-refractivity contribution >= 4 is 29.8 Å². The number of terminal acetylenes is 1. The van der Waals surface area contributed by atoms with Crippen molar-refractivity contribution in [1.29, 1.82) is 0 Å². The largest absolute Gasteiger partial charge is 0.480 e. The molecule has 1 rings (SSSR count). The molecule has 9 heteroatoms. The van der Waals surface area contributed by atoms with Gasteiger partial charge >= 0.3 is 18.0 Å². The highest BCUT2D eigenvalue weighted by Gasteiger charge is 2.39. The van der Waals surface area contributed by atoms with Gasteiger partial charge < -0.3 is 9.84 Å². The minimum Gasteiger partial charge on any atom is -0.480 e. The molecule has 0 radical (unpaired) electrons. The van der Waals surface area contributed by atoms with Crippen molar-refractivity contribution in [3.8, 4) is 107 Å². The molecule has 164 valence electrons. The summed E-state index contributed by atoms with van der Waals surface area (Å²) in [5, 5.41) is 8.74. The molecule has 1 N–H and O–H groups in total. The van der Waals surface area contributed by atoms with Gasteiger partial charge in [0.25, 0.3) is 0 Å². The van der Waals surface area contributed by atoms with Gasteiger partial charge in [-0.3, -0.25) is 24.2 Å². The Hall–Kier alpha value is -6.41. The third-order valence-corrected chi connectivity index (χ3v) is 3.11. The van der Waals surface area contributed by atoms with Crippen LogP contribution in [0.25, 0.3) is 0 Å². The Labute approximate surface area is 200 Å². The fourth-order valence-corrected chi connectivity index (χ4v) is 1.84. The molecule has 0 atom stereocenters. The normalized spacial score (nSPS) is 10.1. The molecule has 4 amide bonds. The second-order valence-electron chi connectivity index (χ2n) is 5.41. The summed E-state index contributed by atoms with van der Waals surface area (Å²) in [7, 11) is 0. The van der Waals surface area contributed by atoms with Gasteiger partial charge in [0.15, 0.2) is 0 Å². The van der Waals surface area contributed by atoms with Crippen molar-refractivity contribution in [3.05, 3.63) is 0 Å². The highest BCUT2D eigenvalue weighted by Crippen LogP contribution is 2.12. The van der Waals surface area contributed by atoms with Gasteiger partial charge in [0.2, 0.25) is 11.8 Å². The van der Waals surface area contributed by atoms with Gasteiger partial charge in [0.1, 0.15) is 25.6 Å². The highest BCUT2D eigenvalue weighted by molar-refractivity contribution is 6.15. The first-order valence-corrected chi connectivity index (χ1v) is 8.88. The van der Waals surface area contributed by atoms with E-state index in [9.17, 15) is 24.0 Å². The number of carbonyl (C=O) groups excluding carboxylic acids is 4. The van der Waals surface area contributed by atoms with Crippen LogP contribution in [0, 0.1) is 107 Å². The number of aliphatic carboxylic acids is 1. The molecule has 1 heterocycles. The first-order chi connectivity index (χ1) is 16.9. The number of carbonyl (C=O) groups is 5. The zero-order valence-corrected chi connectivity index (χ0v) is 17.5. The second-order valence-corrected chi connectivity index (χ2v) is 5.41. The number of urea groups is 1. The number of hydrogen-bond acceptors (Lipinski definition) is 6. The van der Waals surface area contributed by atoms with Gasteiger partial charge in [0.05, 0.1) is 0 Å².